The molecule has 0 spiro atoms. The number of carbonyl (C=O) groups is 1. The summed E-state index contributed by atoms with van der Waals surface area (Å²) in [6, 6.07) is 0.531. The molecule has 1 heterocycles. The first kappa shape index (κ1) is 16.8. The van der Waals surface area contributed by atoms with Gasteiger partial charge in [0, 0.05) is 25.6 Å². The fraction of sp³-hybridized carbons (Fsp3) is 0.944. The van der Waals surface area contributed by atoms with Crippen LogP contribution in [0.3, 0.4) is 0 Å². The van der Waals surface area contributed by atoms with Gasteiger partial charge in [-0.15, -0.1) is 0 Å². The third-order valence-electron chi connectivity index (χ3n) is 5.14. The third-order valence-corrected chi connectivity index (χ3v) is 5.14. The summed E-state index contributed by atoms with van der Waals surface area (Å²) in [5, 5.41) is 3.58. The minimum Gasteiger partial charge on any atom is -0.341 e. The molecule has 1 saturated heterocycles. The smallest absolute Gasteiger partial charge is 0.222 e. The molecule has 0 bridgehead atoms. The predicted molar refractivity (Wildman–Crippen MR) is 88.3 cm³/mol. The summed E-state index contributed by atoms with van der Waals surface area (Å²) in [5.74, 6) is 1.06. The van der Waals surface area contributed by atoms with E-state index in [0.29, 0.717) is 17.9 Å². The largest absolute Gasteiger partial charge is 0.341 e. The van der Waals surface area contributed by atoms with Crippen molar-refractivity contribution in [3.63, 3.8) is 0 Å². The summed E-state index contributed by atoms with van der Waals surface area (Å²) in [7, 11) is 0. The summed E-state index contributed by atoms with van der Waals surface area (Å²) in [4.78, 5) is 14.8. The molecular formula is C18H34N2O. The molecule has 21 heavy (non-hydrogen) atoms. The Morgan fingerprint density at radius 3 is 2.38 bits per heavy atom. The van der Waals surface area contributed by atoms with Crippen molar-refractivity contribution in [3.05, 3.63) is 0 Å². The SMILES string of the molecule is CCCN(CC1CCCCN1)C(=O)CC1CCCCCC1. The number of piperidine rings is 1. The van der Waals surface area contributed by atoms with Gasteiger partial charge in [0.1, 0.15) is 0 Å². The molecule has 0 aromatic rings. The lowest BCUT2D eigenvalue weighted by Crippen LogP contribution is -2.46. The Bertz CT molecular complexity index is 292. The van der Waals surface area contributed by atoms with Crippen LogP contribution in [-0.4, -0.2) is 36.5 Å². The fourth-order valence-corrected chi connectivity index (χ4v) is 3.88. The third kappa shape index (κ3) is 5.98. The molecule has 1 atom stereocenters. The number of rotatable bonds is 6. The molecule has 0 aromatic heterocycles. The Hall–Kier alpha value is -0.570. The minimum absolute atomic E-state index is 0.413. The first-order chi connectivity index (χ1) is 10.3. The molecule has 1 N–H and O–H groups in total. The summed E-state index contributed by atoms with van der Waals surface area (Å²) in [5.41, 5.74) is 0. The highest BCUT2D eigenvalue weighted by Crippen LogP contribution is 2.26. The maximum absolute atomic E-state index is 12.7. The number of nitrogens with zero attached hydrogens (tertiary/aromatic N) is 1. The molecule has 1 aliphatic heterocycles. The Kier molecular flexibility index (Phi) is 7.56. The molecule has 2 fully saturated rings. The van der Waals surface area contributed by atoms with Crippen LogP contribution in [0.25, 0.3) is 0 Å². The van der Waals surface area contributed by atoms with E-state index in [1.807, 2.05) is 0 Å². The Labute approximate surface area is 130 Å². The molecule has 3 nitrogen and oxygen atoms in total. The van der Waals surface area contributed by atoms with Crippen LogP contribution in [0.2, 0.25) is 0 Å². The van der Waals surface area contributed by atoms with Gasteiger partial charge in [0.05, 0.1) is 0 Å². The van der Waals surface area contributed by atoms with E-state index in [0.717, 1.165) is 32.5 Å². The maximum atomic E-state index is 12.7. The molecule has 0 radical (unpaired) electrons. The summed E-state index contributed by atoms with van der Waals surface area (Å²) in [6.07, 6.45) is 13.7. The van der Waals surface area contributed by atoms with Crippen LogP contribution in [0.1, 0.15) is 77.6 Å². The zero-order chi connectivity index (χ0) is 14.9. The van der Waals surface area contributed by atoms with Gasteiger partial charge in [-0.25, -0.2) is 0 Å². The standard InChI is InChI=1S/C18H34N2O/c1-2-13-20(15-17-11-7-8-12-19-17)18(21)14-16-9-5-3-4-6-10-16/h16-17,19H,2-15H2,1H3. The average Bonchev–Trinajstić information content (AvgIpc) is 2.76. The normalized spacial score (nSPS) is 24.5. The van der Waals surface area contributed by atoms with E-state index in [1.54, 1.807) is 0 Å². The lowest BCUT2D eigenvalue weighted by molar-refractivity contribution is -0.132. The maximum Gasteiger partial charge on any atom is 0.222 e. The zero-order valence-electron chi connectivity index (χ0n) is 13.9. The van der Waals surface area contributed by atoms with E-state index in [1.165, 1.54) is 57.8 Å². The van der Waals surface area contributed by atoms with Gasteiger partial charge in [0.15, 0.2) is 0 Å². The van der Waals surface area contributed by atoms with Gasteiger partial charge in [-0.2, -0.15) is 0 Å². The van der Waals surface area contributed by atoms with Crippen molar-refractivity contribution in [3.8, 4) is 0 Å². The van der Waals surface area contributed by atoms with Crippen molar-refractivity contribution in [1.29, 1.82) is 0 Å². The highest BCUT2D eigenvalue weighted by atomic mass is 16.2. The molecule has 2 aliphatic rings. The molecular weight excluding hydrogens is 260 g/mol. The molecule has 1 aliphatic carbocycles. The van der Waals surface area contributed by atoms with Gasteiger partial charge in [0.2, 0.25) is 5.91 Å². The van der Waals surface area contributed by atoms with E-state index in [2.05, 4.69) is 17.1 Å². The van der Waals surface area contributed by atoms with E-state index in [4.69, 9.17) is 0 Å². The van der Waals surface area contributed by atoms with Crippen molar-refractivity contribution in [2.24, 2.45) is 5.92 Å². The predicted octanol–water partition coefficient (Wildman–Crippen LogP) is 3.73. The quantitative estimate of drug-likeness (QED) is 0.757. The number of hydrogen-bond acceptors (Lipinski definition) is 2. The Morgan fingerprint density at radius 1 is 1.05 bits per heavy atom. The van der Waals surface area contributed by atoms with Gasteiger partial charge in [-0.1, -0.05) is 39.0 Å². The van der Waals surface area contributed by atoms with Crippen LogP contribution in [0.15, 0.2) is 0 Å². The zero-order valence-corrected chi connectivity index (χ0v) is 13.9. The average molecular weight is 294 g/mol. The number of nitrogens with one attached hydrogen (secondary N) is 1. The number of carbonyl (C=O) groups excluding carboxylic acids is 1. The van der Waals surface area contributed by atoms with Crippen LogP contribution in [0.5, 0.6) is 0 Å². The van der Waals surface area contributed by atoms with Crippen molar-refractivity contribution < 1.29 is 4.79 Å². The number of hydrogen-bond donors (Lipinski definition) is 1. The Balaban J connectivity index is 1.81. The second-order valence-corrected chi connectivity index (χ2v) is 7.05. The van der Waals surface area contributed by atoms with E-state index < -0.39 is 0 Å². The van der Waals surface area contributed by atoms with Crippen molar-refractivity contribution in [2.75, 3.05) is 19.6 Å². The highest BCUT2D eigenvalue weighted by Gasteiger charge is 2.23. The molecule has 0 aromatic carbocycles. The fourth-order valence-electron chi connectivity index (χ4n) is 3.88. The molecule has 3 heteroatoms. The second kappa shape index (κ2) is 9.45. The monoisotopic (exact) mass is 294 g/mol. The minimum atomic E-state index is 0.413. The topological polar surface area (TPSA) is 32.3 Å². The van der Waals surface area contributed by atoms with E-state index in [9.17, 15) is 4.79 Å². The van der Waals surface area contributed by atoms with E-state index >= 15 is 0 Å². The van der Waals surface area contributed by atoms with E-state index in [-0.39, 0.29) is 0 Å². The highest BCUT2D eigenvalue weighted by molar-refractivity contribution is 5.76. The van der Waals surface area contributed by atoms with Crippen LogP contribution in [0.4, 0.5) is 0 Å². The summed E-state index contributed by atoms with van der Waals surface area (Å²) in [6.45, 7) is 5.17. The van der Waals surface area contributed by atoms with Crippen LogP contribution >= 0.6 is 0 Å². The van der Waals surface area contributed by atoms with Gasteiger partial charge in [0.25, 0.3) is 0 Å². The molecule has 2 rings (SSSR count). The Morgan fingerprint density at radius 2 is 1.76 bits per heavy atom. The van der Waals surface area contributed by atoms with Crippen molar-refractivity contribution in [1.82, 2.24) is 10.2 Å². The van der Waals surface area contributed by atoms with Crippen LogP contribution in [0, 0.1) is 5.92 Å². The molecule has 122 valence electrons. The van der Waals surface area contributed by atoms with Crippen molar-refractivity contribution >= 4 is 5.91 Å². The summed E-state index contributed by atoms with van der Waals surface area (Å²) >= 11 is 0. The van der Waals surface area contributed by atoms with Crippen LogP contribution < -0.4 is 5.32 Å². The molecule has 1 unspecified atom stereocenters. The molecule has 1 amide bonds. The van der Waals surface area contributed by atoms with Crippen LogP contribution in [-0.2, 0) is 4.79 Å². The van der Waals surface area contributed by atoms with Gasteiger partial charge >= 0.3 is 0 Å². The van der Waals surface area contributed by atoms with Gasteiger partial charge in [-0.3, -0.25) is 4.79 Å². The summed E-state index contributed by atoms with van der Waals surface area (Å²) < 4.78 is 0. The number of amides is 1. The lowest BCUT2D eigenvalue weighted by atomic mass is 9.95. The second-order valence-electron chi connectivity index (χ2n) is 7.05. The first-order valence-corrected chi connectivity index (χ1v) is 9.30. The van der Waals surface area contributed by atoms with Gasteiger partial charge < -0.3 is 10.2 Å². The lowest BCUT2D eigenvalue weighted by Gasteiger charge is -2.31. The van der Waals surface area contributed by atoms with Gasteiger partial charge in [-0.05, 0) is 44.6 Å². The first-order valence-electron chi connectivity index (χ1n) is 9.30. The molecule has 1 saturated carbocycles. The van der Waals surface area contributed by atoms with Crippen molar-refractivity contribution in [2.45, 2.75) is 83.6 Å².